The number of aliphatic hydroxyl groups is 2. The molecule has 4 atom stereocenters. The van der Waals surface area contributed by atoms with E-state index < -0.39 is 43.2 Å². The molecule has 6 heteroatoms. The normalized spacial score (nSPS) is 23.3. The van der Waals surface area contributed by atoms with Gasteiger partial charge in [-0.3, -0.25) is 0 Å². The number of rotatable bonds is 12. The summed E-state index contributed by atoms with van der Waals surface area (Å²) in [6, 6.07) is 29.4. The Balaban J connectivity index is 1.74. The smallest absolute Gasteiger partial charge is 0.187 e. The van der Waals surface area contributed by atoms with E-state index in [1.807, 2.05) is 91.0 Å². The predicted octanol–water partition coefficient (Wildman–Crippen LogP) is 4.22. The average molecular weight is 491 g/mol. The lowest BCUT2D eigenvalue weighted by Crippen LogP contribution is -2.64. The van der Waals surface area contributed by atoms with Crippen LogP contribution in [0.25, 0.3) is 0 Å². The quantitative estimate of drug-likeness (QED) is 0.370. The predicted molar refractivity (Wildman–Crippen MR) is 137 cm³/mol. The first kappa shape index (κ1) is 26.2. The molecule has 1 aliphatic heterocycles. The summed E-state index contributed by atoms with van der Waals surface area (Å²) in [6.45, 7) is 3.75. The molecule has 1 saturated heterocycles. The van der Waals surface area contributed by atoms with Crippen LogP contribution in [0.15, 0.2) is 104 Å². The van der Waals surface area contributed by atoms with Crippen molar-refractivity contribution in [3.63, 3.8) is 0 Å². The first-order chi connectivity index (χ1) is 17.7. The van der Waals surface area contributed by atoms with Gasteiger partial charge in [-0.1, -0.05) is 97.1 Å². The van der Waals surface area contributed by atoms with Crippen LogP contribution in [0.5, 0.6) is 0 Å². The van der Waals surface area contributed by atoms with Crippen LogP contribution in [0.2, 0.25) is 0 Å². The summed E-state index contributed by atoms with van der Waals surface area (Å²) in [5.41, 5.74) is 1.52. The highest BCUT2D eigenvalue weighted by atomic mass is 16.7. The molecule has 0 saturated carbocycles. The maximum atomic E-state index is 10.6. The molecule has 6 nitrogen and oxygen atoms in total. The molecular weight excluding hydrogens is 456 g/mol. The monoisotopic (exact) mass is 490 g/mol. The van der Waals surface area contributed by atoms with E-state index in [1.54, 1.807) is 6.08 Å². The van der Waals surface area contributed by atoms with E-state index in [0.29, 0.717) is 13.2 Å². The lowest BCUT2D eigenvalue weighted by Gasteiger charge is -2.52. The number of hydrogen-bond acceptors (Lipinski definition) is 6. The Labute approximate surface area is 212 Å². The lowest BCUT2D eigenvalue weighted by atomic mass is 9.74. The standard InChI is InChI=1S/C30H34O6/c1-2-18-33-29-28(35-20-24-14-8-4-9-15-24)27(34-19-23-12-6-3-7-13-23)26(25-16-10-5-11-17-25)30(21-31,22-32)36-29/h2-17,26-29,31-32H,1,18-22H2/t26-,27-,28+,29?/m0/s1. The van der Waals surface area contributed by atoms with Crippen molar-refractivity contribution in [2.45, 2.75) is 43.2 Å². The maximum Gasteiger partial charge on any atom is 0.187 e. The molecular formula is C30H34O6. The molecule has 0 radical (unpaired) electrons. The Morgan fingerprint density at radius 2 is 1.22 bits per heavy atom. The highest BCUT2D eigenvalue weighted by molar-refractivity contribution is 5.28. The number of hydrogen-bond donors (Lipinski definition) is 2. The fourth-order valence-corrected chi connectivity index (χ4v) is 4.68. The second-order valence-electron chi connectivity index (χ2n) is 8.90. The van der Waals surface area contributed by atoms with E-state index in [4.69, 9.17) is 18.9 Å². The Morgan fingerprint density at radius 3 is 1.72 bits per heavy atom. The fraction of sp³-hybridized carbons (Fsp3) is 0.333. The van der Waals surface area contributed by atoms with Crippen LogP contribution in [-0.2, 0) is 32.2 Å². The first-order valence-corrected chi connectivity index (χ1v) is 12.2. The maximum absolute atomic E-state index is 10.6. The SMILES string of the molecule is C=CCOC1OC(CO)(CO)[C@@H](c2ccccc2)[C@H](OCc2ccccc2)[C@H]1OCc1ccccc1. The zero-order valence-electron chi connectivity index (χ0n) is 20.3. The minimum Gasteiger partial charge on any atom is -0.393 e. The summed E-state index contributed by atoms with van der Waals surface area (Å²) < 4.78 is 25.4. The second kappa shape index (κ2) is 12.9. The topological polar surface area (TPSA) is 77.4 Å². The van der Waals surface area contributed by atoms with Crippen molar-refractivity contribution < 1.29 is 29.2 Å². The van der Waals surface area contributed by atoms with E-state index in [-0.39, 0.29) is 6.61 Å². The van der Waals surface area contributed by atoms with Crippen LogP contribution < -0.4 is 0 Å². The van der Waals surface area contributed by atoms with Crippen molar-refractivity contribution in [1.29, 1.82) is 0 Å². The van der Waals surface area contributed by atoms with Crippen molar-refractivity contribution in [3.05, 3.63) is 120 Å². The molecule has 0 aromatic heterocycles. The van der Waals surface area contributed by atoms with Gasteiger partial charge >= 0.3 is 0 Å². The van der Waals surface area contributed by atoms with Gasteiger partial charge in [0, 0.05) is 5.92 Å². The van der Waals surface area contributed by atoms with Gasteiger partial charge in [-0.05, 0) is 16.7 Å². The molecule has 3 aromatic carbocycles. The van der Waals surface area contributed by atoms with Crippen molar-refractivity contribution in [2.75, 3.05) is 19.8 Å². The molecule has 1 aliphatic rings. The lowest BCUT2D eigenvalue weighted by molar-refractivity contribution is -0.333. The minimum absolute atomic E-state index is 0.213. The Kier molecular flexibility index (Phi) is 9.41. The molecule has 3 aromatic rings. The molecule has 2 N–H and O–H groups in total. The average Bonchev–Trinajstić information content (AvgIpc) is 2.95. The van der Waals surface area contributed by atoms with Gasteiger partial charge in [-0.15, -0.1) is 6.58 Å². The molecule has 1 unspecified atom stereocenters. The fourth-order valence-electron chi connectivity index (χ4n) is 4.68. The van der Waals surface area contributed by atoms with Gasteiger partial charge in [0.15, 0.2) is 6.29 Å². The van der Waals surface area contributed by atoms with Crippen molar-refractivity contribution in [3.8, 4) is 0 Å². The third-order valence-corrected chi connectivity index (χ3v) is 6.48. The first-order valence-electron chi connectivity index (χ1n) is 12.2. The van der Waals surface area contributed by atoms with E-state index in [1.165, 1.54) is 0 Å². The zero-order valence-corrected chi connectivity index (χ0v) is 20.3. The van der Waals surface area contributed by atoms with Gasteiger partial charge in [-0.2, -0.15) is 0 Å². The van der Waals surface area contributed by atoms with Crippen LogP contribution in [0.4, 0.5) is 0 Å². The third-order valence-electron chi connectivity index (χ3n) is 6.48. The molecule has 190 valence electrons. The van der Waals surface area contributed by atoms with Crippen LogP contribution >= 0.6 is 0 Å². The minimum atomic E-state index is -1.35. The summed E-state index contributed by atoms with van der Waals surface area (Å²) in [5, 5.41) is 21.1. The van der Waals surface area contributed by atoms with Gasteiger partial charge in [0.05, 0.1) is 39.1 Å². The highest BCUT2D eigenvalue weighted by Gasteiger charge is 2.56. The number of benzene rings is 3. The van der Waals surface area contributed by atoms with Gasteiger partial charge in [0.25, 0.3) is 0 Å². The highest BCUT2D eigenvalue weighted by Crippen LogP contribution is 2.44. The molecule has 0 amide bonds. The van der Waals surface area contributed by atoms with Crippen LogP contribution in [0, 0.1) is 0 Å². The second-order valence-corrected chi connectivity index (χ2v) is 8.90. The van der Waals surface area contributed by atoms with E-state index in [9.17, 15) is 10.2 Å². The van der Waals surface area contributed by atoms with Gasteiger partial charge in [0.1, 0.15) is 11.7 Å². The van der Waals surface area contributed by atoms with Crippen LogP contribution in [0.1, 0.15) is 22.6 Å². The zero-order chi connectivity index (χ0) is 25.2. The molecule has 1 fully saturated rings. The van der Waals surface area contributed by atoms with E-state index >= 15 is 0 Å². The Hall–Kier alpha value is -2.84. The van der Waals surface area contributed by atoms with E-state index in [2.05, 4.69) is 6.58 Å². The summed E-state index contributed by atoms with van der Waals surface area (Å²) >= 11 is 0. The van der Waals surface area contributed by atoms with Gasteiger partial charge in [0.2, 0.25) is 0 Å². The van der Waals surface area contributed by atoms with E-state index in [0.717, 1.165) is 16.7 Å². The Morgan fingerprint density at radius 1 is 0.722 bits per heavy atom. The largest absolute Gasteiger partial charge is 0.393 e. The summed E-state index contributed by atoms with van der Waals surface area (Å²) in [6.07, 6.45) is -0.517. The number of ether oxygens (including phenoxy) is 4. The Bertz CT molecular complexity index is 1040. The molecule has 0 bridgehead atoms. The molecule has 0 spiro atoms. The van der Waals surface area contributed by atoms with Crippen molar-refractivity contribution >= 4 is 0 Å². The van der Waals surface area contributed by atoms with Crippen molar-refractivity contribution in [2.24, 2.45) is 0 Å². The molecule has 1 heterocycles. The van der Waals surface area contributed by atoms with Crippen molar-refractivity contribution in [1.82, 2.24) is 0 Å². The summed E-state index contributed by atoms with van der Waals surface area (Å²) in [5.74, 6) is -0.526. The summed E-state index contributed by atoms with van der Waals surface area (Å²) in [7, 11) is 0. The third kappa shape index (κ3) is 6.10. The molecule has 36 heavy (non-hydrogen) atoms. The van der Waals surface area contributed by atoms with Crippen LogP contribution in [-0.4, -0.2) is 54.1 Å². The summed E-state index contributed by atoms with van der Waals surface area (Å²) in [4.78, 5) is 0. The molecule has 4 rings (SSSR count). The van der Waals surface area contributed by atoms with Gasteiger partial charge in [-0.25, -0.2) is 0 Å². The molecule has 0 aliphatic carbocycles. The van der Waals surface area contributed by atoms with Crippen LogP contribution in [0.3, 0.4) is 0 Å². The number of aliphatic hydroxyl groups excluding tert-OH is 2. The van der Waals surface area contributed by atoms with Gasteiger partial charge < -0.3 is 29.2 Å².